The van der Waals surface area contributed by atoms with Crippen LogP contribution in [0.1, 0.15) is 6.42 Å². The first-order chi connectivity index (χ1) is 7.63. The van der Waals surface area contributed by atoms with Crippen LogP contribution in [0.2, 0.25) is 0 Å². The second-order valence-electron chi connectivity index (χ2n) is 3.01. The zero-order valence-electron chi connectivity index (χ0n) is 8.77. The standard InChI is InChI=1S/C9H12N4O3/c1-10-9(14)4-5-11-7-2-3-8(12-6-7)13(15)16/h2-3,6,11H,4-5H2,1H3,(H,10,14). The van der Waals surface area contributed by atoms with E-state index in [9.17, 15) is 14.9 Å². The Kier molecular flexibility index (Phi) is 4.19. The van der Waals surface area contributed by atoms with E-state index in [2.05, 4.69) is 15.6 Å². The summed E-state index contributed by atoms with van der Waals surface area (Å²) >= 11 is 0. The first kappa shape index (κ1) is 11.9. The molecule has 1 aromatic heterocycles. The van der Waals surface area contributed by atoms with Gasteiger partial charge in [-0.2, -0.15) is 0 Å². The van der Waals surface area contributed by atoms with Crippen molar-refractivity contribution in [2.45, 2.75) is 6.42 Å². The summed E-state index contributed by atoms with van der Waals surface area (Å²) < 4.78 is 0. The van der Waals surface area contributed by atoms with Crippen LogP contribution in [0.15, 0.2) is 18.3 Å². The van der Waals surface area contributed by atoms with Crippen molar-refractivity contribution in [2.75, 3.05) is 18.9 Å². The van der Waals surface area contributed by atoms with Crippen LogP contribution >= 0.6 is 0 Å². The van der Waals surface area contributed by atoms with Crippen LogP contribution in [0.25, 0.3) is 0 Å². The van der Waals surface area contributed by atoms with Crippen LogP contribution < -0.4 is 10.6 Å². The minimum absolute atomic E-state index is 0.0672. The largest absolute Gasteiger partial charge is 0.381 e. The monoisotopic (exact) mass is 224 g/mol. The van der Waals surface area contributed by atoms with Crippen molar-refractivity contribution in [3.05, 3.63) is 28.4 Å². The quantitative estimate of drug-likeness (QED) is 0.562. The predicted molar refractivity (Wildman–Crippen MR) is 58.1 cm³/mol. The van der Waals surface area contributed by atoms with Crippen LogP contribution in [-0.4, -0.2) is 29.4 Å². The minimum Gasteiger partial charge on any atom is -0.381 e. The van der Waals surface area contributed by atoms with Gasteiger partial charge in [-0.15, -0.1) is 0 Å². The van der Waals surface area contributed by atoms with Crippen molar-refractivity contribution in [1.29, 1.82) is 0 Å². The summed E-state index contributed by atoms with van der Waals surface area (Å²) in [6.45, 7) is 0.458. The topological polar surface area (TPSA) is 97.2 Å². The number of carbonyl (C=O) groups excluding carboxylic acids is 1. The van der Waals surface area contributed by atoms with Crippen LogP contribution in [0, 0.1) is 10.1 Å². The van der Waals surface area contributed by atoms with E-state index >= 15 is 0 Å². The van der Waals surface area contributed by atoms with E-state index in [1.54, 1.807) is 13.1 Å². The Balaban J connectivity index is 2.43. The summed E-state index contributed by atoms with van der Waals surface area (Å²) in [6.07, 6.45) is 1.70. The van der Waals surface area contributed by atoms with Crippen molar-refractivity contribution < 1.29 is 9.72 Å². The molecule has 1 aromatic rings. The molecule has 0 radical (unpaired) electrons. The molecule has 0 aromatic carbocycles. The molecule has 0 fully saturated rings. The Morgan fingerprint density at radius 2 is 2.31 bits per heavy atom. The molecule has 0 aliphatic heterocycles. The second-order valence-corrected chi connectivity index (χ2v) is 3.01. The molecule has 0 saturated carbocycles. The summed E-state index contributed by atoms with van der Waals surface area (Å²) in [5, 5.41) is 15.7. The molecule has 0 bridgehead atoms. The lowest BCUT2D eigenvalue weighted by atomic mass is 10.3. The molecular formula is C9H12N4O3. The second kappa shape index (κ2) is 5.64. The normalized spacial score (nSPS) is 9.56. The molecule has 0 aliphatic carbocycles. The van der Waals surface area contributed by atoms with Crippen molar-refractivity contribution in [3.63, 3.8) is 0 Å². The fourth-order valence-electron chi connectivity index (χ4n) is 1.04. The smallest absolute Gasteiger partial charge is 0.363 e. The molecule has 0 saturated heterocycles. The number of nitrogens with zero attached hydrogens (tertiary/aromatic N) is 2. The third kappa shape index (κ3) is 3.52. The number of nitrogens with one attached hydrogen (secondary N) is 2. The van der Waals surface area contributed by atoms with Gasteiger partial charge in [0.25, 0.3) is 0 Å². The van der Waals surface area contributed by atoms with Gasteiger partial charge in [0.05, 0.1) is 5.69 Å². The number of aromatic nitrogens is 1. The van der Waals surface area contributed by atoms with Gasteiger partial charge in [-0.1, -0.05) is 0 Å². The molecule has 2 N–H and O–H groups in total. The van der Waals surface area contributed by atoms with Crippen molar-refractivity contribution >= 4 is 17.4 Å². The SMILES string of the molecule is CNC(=O)CCNc1ccc([N+](=O)[O-])nc1. The first-order valence-corrected chi connectivity index (χ1v) is 4.68. The van der Waals surface area contributed by atoms with E-state index in [0.717, 1.165) is 0 Å². The molecule has 86 valence electrons. The molecular weight excluding hydrogens is 212 g/mol. The summed E-state index contributed by atoms with van der Waals surface area (Å²) in [5.74, 6) is -0.265. The summed E-state index contributed by atoms with van der Waals surface area (Å²) in [4.78, 5) is 24.3. The molecule has 7 nitrogen and oxygen atoms in total. The maximum Gasteiger partial charge on any atom is 0.363 e. The van der Waals surface area contributed by atoms with Gasteiger partial charge in [0, 0.05) is 26.1 Å². The highest BCUT2D eigenvalue weighted by Crippen LogP contribution is 2.10. The number of anilines is 1. The molecule has 1 heterocycles. The van der Waals surface area contributed by atoms with Gasteiger partial charge in [-0.3, -0.25) is 4.79 Å². The molecule has 0 atom stereocenters. The van der Waals surface area contributed by atoms with Crippen molar-refractivity contribution in [2.24, 2.45) is 0 Å². The van der Waals surface area contributed by atoms with Crippen molar-refractivity contribution in [1.82, 2.24) is 10.3 Å². The Labute approximate surface area is 92.0 Å². The van der Waals surface area contributed by atoms with Gasteiger partial charge >= 0.3 is 5.82 Å². The van der Waals surface area contributed by atoms with Crippen LogP contribution in [0.3, 0.4) is 0 Å². The number of pyridine rings is 1. The molecule has 1 amide bonds. The van der Waals surface area contributed by atoms with E-state index in [1.165, 1.54) is 12.3 Å². The van der Waals surface area contributed by atoms with Gasteiger partial charge in [0.1, 0.15) is 0 Å². The Morgan fingerprint density at radius 3 is 2.81 bits per heavy atom. The molecule has 7 heteroatoms. The average molecular weight is 224 g/mol. The molecule has 0 aliphatic rings. The minimum atomic E-state index is -0.561. The lowest BCUT2D eigenvalue weighted by molar-refractivity contribution is -0.389. The lowest BCUT2D eigenvalue weighted by Gasteiger charge is -2.03. The number of amides is 1. The van der Waals surface area contributed by atoms with Crippen LogP contribution in [-0.2, 0) is 4.79 Å². The summed E-state index contributed by atoms with van der Waals surface area (Å²) in [5.41, 5.74) is 0.648. The van der Waals surface area contributed by atoms with Crippen LogP contribution in [0.5, 0.6) is 0 Å². The number of hydrogen-bond acceptors (Lipinski definition) is 5. The number of carbonyl (C=O) groups is 1. The third-order valence-corrected chi connectivity index (χ3v) is 1.89. The number of nitro groups is 1. The van der Waals surface area contributed by atoms with Gasteiger partial charge in [0.2, 0.25) is 5.91 Å². The zero-order chi connectivity index (χ0) is 12.0. The third-order valence-electron chi connectivity index (χ3n) is 1.89. The molecule has 16 heavy (non-hydrogen) atoms. The Morgan fingerprint density at radius 1 is 1.56 bits per heavy atom. The number of hydrogen-bond donors (Lipinski definition) is 2. The van der Waals surface area contributed by atoms with Gasteiger partial charge in [-0.25, -0.2) is 0 Å². The highest BCUT2D eigenvalue weighted by molar-refractivity contribution is 5.76. The molecule has 0 unspecified atom stereocenters. The summed E-state index contributed by atoms with van der Waals surface area (Å²) in [6, 6.07) is 2.86. The molecule has 1 rings (SSSR count). The highest BCUT2D eigenvalue weighted by Gasteiger charge is 2.05. The van der Waals surface area contributed by atoms with Crippen LogP contribution in [0.4, 0.5) is 11.5 Å². The lowest BCUT2D eigenvalue weighted by Crippen LogP contribution is -2.20. The average Bonchev–Trinajstić information content (AvgIpc) is 2.29. The molecule has 0 spiro atoms. The fourth-order valence-corrected chi connectivity index (χ4v) is 1.04. The van der Waals surface area contributed by atoms with E-state index < -0.39 is 4.92 Å². The highest BCUT2D eigenvalue weighted by atomic mass is 16.6. The van der Waals surface area contributed by atoms with E-state index in [0.29, 0.717) is 18.7 Å². The Bertz CT molecular complexity index is 377. The number of rotatable bonds is 5. The maximum atomic E-state index is 10.9. The van der Waals surface area contributed by atoms with Gasteiger partial charge in [-0.05, 0) is 16.0 Å². The maximum absolute atomic E-state index is 10.9. The van der Waals surface area contributed by atoms with Gasteiger partial charge < -0.3 is 20.7 Å². The predicted octanol–water partition coefficient (Wildman–Crippen LogP) is 0.538. The zero-order valence-corrected chi connectivity index (χ0v) is 8.77. The van der Waals surface area contributed by atoms with E-state index in [4.69, 9.17) is 0 Å². The first-order valence-electron chi connectivity index (χ1n) is 4.68. The van der Waals surface area contributed by atoms with Gasteiger partial charge in [0.15, 0.2) is 6.20 Å². The van der Waals surface area contributed by atoms with Crippen molar-refractivity contribution in [3.8, 4) is 0 Å². The Hall–Kier alpha value is -2.18. The van der Waals surface area contributed by atoms with E-state index in [-0.39, 0.29) is 11.7 Å². The fraction of sp³-hybridized carbons (Fsp3) is 0.333. The van der Waals surface area contributed by atoms with E-state index in [1.807, 2.05) is 0 Å². The summed E-state index contributed by atoms with van der Waals surface area (Å²) in [7, 11) is 1.57.